The van der Waals surface area contributed by atoms with Crippen molar-refractivity contribution in [3.8, 4) is 11.3 Å². The van der Waals surface area contributed by atoms with Crippen molar-refractivity contribution in [2.45, 2.75) is 19.0 Å². The van der Waals surface area contributed by atoms with Gasteiger partial charge >= 0.3 is 0 Å². The number of hydrogen-bond donors (Lipinski definition) is 1. The van der Waals surface area contributed by atoms with Crippen molar-refractivity contribution in [2.24, 2.45) is 0 Å². The molecule has 0 amide bonds. The van der Waals surface area contributed by atoms with E-state index in [4.69, 9.17) is 0 Å². The Hall–Kier alpha value is -3.54. The summed E-state index contributed by atoms with van der Waals surface area (Å²) in [5.74, 6) is 0.607. The first-order valence-electron chi connectivity index (χ1n) is 8.89. The molecule has 0 aliphatic carbocycles. The summed E-state index contributed by atoms with van der Waals surface area (Å²) < 4.78 is 2.07. The van der Waals surface area contributed by atoms with E-state index in [1.807, 2.05) is 48.9 Å². The molecule has 0 spiro atoms. The van der Waals surface area contributed by atoms with Crippen molar-refractivity contribution >= 4 is 5.95 Å². The molecule has 6 heteroatoms. The quantitative estimate of drug-likeness (QED) is 0.542. The number of imidazole rings is 1. The standard InChI is InChI=1S/C21H20N6/c1-2-5-17(6-3-1)20(9-13-27-14-12-23-16-27)26-21-24-11-8-19(25-21)18-7-4-10-22-15-18/h1-8,10-12,14-16,20H,9,13H2,(H,24,25,26)/t20-/m0/s1. The molecule has 1 N–H and O–H groups in total. The van der Waals surface area contributed by atoms with E-state index < -0.39 is 0 Å². The molecule has 1 aromatic carbocycles. The summed E-state index contributed by atoms with van der Waals surface area (Å²) in [6.45, 7) is 0.856. The van der Waals surface area contributed by atoms with Crippen molar-refractivity contribution in [3.63, 3.8) is 0 Å². The molecule has 0 unspecified atom stereocenters. The highest BCUT2D eigenvalue weighted by Crippen LogP contribution is 2.23. The van der Waals surface area contributed by atoms with Crippen LogP contribution in [-0.4, -0.2) is 24.5 Å². The lowest BCUT2D eigenvalue weighted by Gasteiger charge is -2.20. The van der Waals surface area contributed by atoms with E-state index in [0.717, 1.165) is 24.2 Å². The minimum absolute atomic E-state index is 0.0951. The Balaban J connectivity index is 1.56. The molecular weight excluding hydrogens is 336 g/mol. The van der Waals surface area contributed by atoms with Crippen molar-refractivity contribution in [2.75, 3.05) is 5.32 Å². The van der Waals surface area contributed by atoms with Crippen LogP contribution in [0, 0.1) is 0 Å². The number of pyridine rings is 1. The predicted octanol–water partition coefficient (Wildman–Crippen LogP) is 3.98. The third-order valence-electron chi connectivity index (χ3n) is 4.35. The zero-order valence-electron chi connectivity index (χ0n) is 14.8. The molecule has 4 rings (SSSR count). The lowest BCUT2D eigenvalue weighted by molar-refractivity contribution is 0.581. The minimum atomic E-state index is 0.0951. The van der Waals surface area contributed by atoms with Gasteiger partial charge in [0.25, 0.3) is 0 Å². The molecule has 27 heavy (non-hydrogen) atoms. The molecule has 6 nitrogen and oxygen atoms in total. The van der Waals surface area contributed by atoms with E-state index in [9.17, 15) is 0 Å². The maximum atomic E-state index is 4.67. The van der Waals surface area contributed by atoms with Gasteiger partial charge in [-0.15, -0.1) is 0 Å². The zero-order valence-corrected chi connectivity index (χ0v) is 14.8. The fourth-order valence-electron chi connectivity index (χ4n) is 2.96. The monoisotopic (exact) mass is 356 g/mol. The summed E-state index contributed by atoms with van der Waals surface area (Å²) in [5, 5.41) is 3.49. The predicted molar refractivity (Wildman–Crippen MR) is 105 cm³/mol. The van der Waals surface area contributed by atoms with E-state index in [-0.39, 0.29) is 6.04 Å². The van der Waals surface area contributed by atoms with E-state index in [1.54, 1.807) is 24.8 Å². The second-order valence-electron chi connectivity index (χ2n) is 6.20. The highest BCUT2D eigenvalue weighted by Gasteiger charge is 2.13. The molecular formula is C21H20N6. The third-order valence-corrected chi connectivity index (χ3v) is 4.35. The van der Waals surface area contributed by atoms with Gasteiger partial charge in [-0.3, -0.25) is 4.98 Å². The fourth-order valence-corrected chi connectivity index (χ4v) is 2.96. The van der Waals surface area contributed by atoms with Crippen molar-refractivity contribution < 1.29 is 0 Å². The van der Waals surface area contributed by atoms with Gasteiger partial charge in [0, 0.05) is 43.1 Å². The van der Waals surface area contributed by atoms with Gasteiger partial charge in [0.15, 0.2) is 0 Å². The van der Waals surface area contributed by atoms with Crippen LogP contribution in [-0.2, 0) is 6.54 Å². The molecule has 0 radical (unpaired) electrons. The average molecular weight is 356 g/mol. The highest BCUT2D eigenvalue weighted by atomic mass is 15.1. The fraction of sp³-hybridized carbons (Fsp3) is 0.143. The van der Waals surface area contributed by atoms with Crippen LogP contribution in [0.15, 0.2) is 85.8 Å². The second kappa shape index (κ2) is 8.23. The number of anilines is 1. The van der Waals surface area contributed by atoms with Gasteiger partial charge in [-0.25, -0.2) is 15.0 Å². The van der Waals surface area contributed by atoms with Crippen LogP contribution in [0.5, 0.6) is 0 Å². The smallest absolute Gasteiger partial charge is 0.223 e. The summed E-state index contributed by atoms with van der Waals surface area (Å²) in [7, 11) is 0. The molecule has 0 aliphatic heterocycles. The Morgan fingerprint density at radius 1 is 0.926 bits per heavy atom. The molecule has 3 heterocycles. The van der Waals surface area contributed by atoms with Crippen LogP contribution in [0.3, 0.4) is 0 Å². The van der Waals surface area contributed by atoms with Gasteiger partial charge in [-0.05, 0) is 30.2 Å². The molecule has 0 aliphatic rings. The second-order valence-corrected chi connectivity index (χ2v) is 6.20. The number of nitrogens with one attached hydrogen (secondary N) is 1. The molecule has 1 atom stereocenters. The van der Waals surface area contributed by atoms with Gasteiger partial charge in [-0.2, -0.15) is 0 Å². The Labute approximate surface area is 158 Å². The number of nitrogens with zero attached hydrogens (tertiary/aromatic N) is 5. The molecule has 3 aromatic heterocycles. The Morgan fingerprint density at radius 3 is 2.63 bits per heavy atom. The van der Waals surface area contributed by atoms with Gasteiger partial charge in [0.1, 0.15) is 0 Å². The zero-order chi connectivity index (χ0) is 18.3. The van der Waals surface area contributed by atoms with Gasteiger partial charge < -0.3 is 9.88 Å². The van der Waals surface area contributed by atoms with Crippen LogP contribution in [0.25, 0.3) is 11.3 Å². The van der Waals surface area contributed by atoms with Gasteiger partial charge in [0.2, 0.25) is 5.95 Å². The first-order valence-corrected chi connectivity index (χ1v) is 8.89. The molecule has 4 aromatic rings. The van der Waals surface area contributed by atoms with Crippen LogP contribution >= 0.6 is 0 Å². The van der Waals surface area contributed by atoms with Crippen LogP contribution in [0.2, 0.25) is 0 Å². The molecule has 0 saturated heterocycles. The normalized spacial score (nSPS) is 11.9. The topological polar surface area (TPSA) is 68.5 Å². The summed E-state index contributed by atoms with van der Waals surface area (Å²) in [5.41, 5.74) is 3.02. The molecule has 134 valence electrons. The highest BCUT2D eigenvalue weighted by molar-refractivity contribution is 5.58. The summed E-state index contributed by atoms with van der Waals surface area (Å²) in [6.07, 6.45) is 11.8. The lowest BCUT2D eigenvalue weighted by Crippen LogP contribution is -2.15. The van der Waals surface area contributed by atoms with Gasteiger partial charge in [0.05, 0.1) is 18.1 Å². The summed E-state index contributed by atoms with van der Waals surface area (Å²) in [4.78, 5) is 17.4. The largest absolute Gasteiger partial charge is 0.347 e. The van der Waals surface area contributed by atoms with E-state index in [0.29, 0.717) is 5.95 Å². The van der Waals surface area contributed by atoms with Crippen molar-refractivity contribution in [1.82, 2.24) is 24.5 Å². The van der Waals surface area contributed by atoms with E-state index in [1.165, 1.54) is 5.56 Å². The first-order chi connectivity index (χ1) is 13.4. The molecule has 0 fully saturated rings. The number of aryl methyl sites for hydroxylation is 1. The molecule has 0 bridgehead atoms. The molecule has 0 saturated carbocycles. The van der Waals surface area contributed by atoms with E-state index in [2.05, 4.69) is 42.0 Å². The Kier molecular flexibility index (Phi) is 5.15. The summed E-state index contributed by atoms with van der Waals surface area (Å²) in [6, 6.07) is 16.3. The van der Waals surface area contributed by atoms with Crippen molar-refractivity contribution in [1.29, 1.82) is 0 Å². The first kappa shape index (κ1) is 16.9. The maximum absolute atomic E-state index is 4.67. The number of benzene rings is 1. The van der Waals surface area contributed by atoms with Crippen molar-refractivity contribution in [3.05, 3.63) is 91.4 Å². The number of hydrogen-bond acceptors (Lipinski definition) is 5. The summed E-state index contributed by atoms with van der Waals surface area (Å²) >= 11 is 0. The van der Waals surface area contributed by atoms with Crippen LogP contribution in [0.4, 0.5) is 5.95 Å². The lowest BCUT2D eigenvalue weighted by atomic mass is 10.0. The van der Waals surface area contributed by atoms with Crippen LogP contribution in [0.1, 0.15) is 18.0 Å². The Bertz CT molecular complexity index is 954. The minimum Gasteiger partial charge on any atom is -0.347 e. The maximum Gasteiger partial charge on any atom is 0.223 e. The average Bonchev–Trinajstić information content (AvgIpc) is 3.26. The van der Waals surface area contributed by atoms with E-state index >= 15 is 0 Å². The Morgan fingerprint density at radius 2 is 1.85 bits per heavy atom. The van der Waals surface area contributed by atoms with Gasteiger partial charge in [-0.1, -0.05) is 30.3 Å². The SMILES string of the molecule is c1ccc([C@H](CCn2ccnc2)Nc2nccc(-c3cccnc3)n2)cc1. The number of aromatic nitrogens is 5. The van der Waals surface area contributed by atoms with Crippen LogP contribution < -0.4 is 5.32 Å². The number of rotatable bonds is 7. The third kappa shape index (κ3) is 4.36.